The van der Waals surface area contributed by atoms with Gasteiger partial charge >= 0.3 is 0 Å². The number of rotatable bonds is 3. The molecule has 1 aliphatic heterocycles. The first kappa shape index (κ1) is 14.5. The molecule has 0 aromatic carbocycles. The fourth-order valence-corrected chi connectivity index (χ4v) is 2.87. The lowest BCUT2D eigenvalue weighted by atomic mass is 10.1. The van der Waals surface area contributed by atoms with E-state index >= 15 is 0 Å². The lowest BCUT2D eigenvalue weighted by Crippen LogP contribution is -2.18. The highest BCUT2D eigenvalue weighted by Gasteiger charge is 2.15. The van der Waals surface area contributed by atoms with Gasteiger partial charge in [0.15, 0.2) is 5.82 Å². The summed E-state index contributed by atoms with van der Waals surface area (Å²) in [5, 5.41) is 4.10. The molecule has 22 heavy (non-hydrogen) atoms. The summed E-state index contributed by atoms with van der Waals surface area (Å²) in [4.78, 5) is 8.68. The molecule has 0 aliphatic carbocycles. The molecule has 0 spiro atoms. The number of hydrogen-bond acceptors (Lipinski definition) is 5. The Morgan fingerprint density at radius 3 is 2.91 bits per heavy atom. The zero-order chi connectivity index (χ0) is 15.7. The highest BCUT2D eigenvalue weighted by Crippen LogP contribution is 2.26. The molecule has 0 amide bonds. The Labute approximate surface area is 129 Å². The maximum absolute atomic E-state index is 11.6. The van der Waals surface area contributed by atoms with Crippen LogP contribution in [0.5, 0.6) is 0 Å². The molecule has 114 valence electrons. The van der Waals surface area contributed by atoms with E-state index in [0.29, 0.717) is 17.8 Å². The molecule has 0 radical (unpaired) electrons. The second-order valence-electron chi connectivity index (χ2n) is 5.15. The van der Waals surface area contributed by atoms with Crippen LogP contribution in [-0.4, -0.2) is 31.2 Å². The van der Waals surface area contributed by atoms with Gasteiger partial charge in [-0.1, -0.05) is 18.2 Å². The van der Waals surface area contributed by atoms with Crippen molar-refractivity contribution in [1.29, 1.82) is 0 Å². The van der Waals surface area contributed by atoms with E-state index in [1.807, 2.05) is 37.3 Å². The van der Waals surface area contributed by atoms with Gasteiger partial charge in [0.1, 0.15) is 5.52 Å². The quantitative estimate of drug-likeness (QED) is 0.903. The third-order valence-electron chi connectivity index (χ3n) is 3.28. The predicted octanol–water partition coefficient (Wildman–Crippen LogP) is 1.89. The monoisotopic (exact) mass is 316 g/mol. The van der Waals surface area contributed by atoms with Gasteiger partial charge in [0.2, 0.25) is 10.0 Å². The van der Waals surface area contributed by atoms with E-state index in [4.69, 9.17) is 0 Å². The number of hydrogen-bond donors (Lipinski definition) is 2. The fourth-order valence-electron chi connectivity index (χ4n) is 2.37. The summed E-state index contributed by atoms with van der Waals surface area (Å²) in [6, 6.07) is 5.60. The first-order chi connectivity index (χ1) is 10.4. The highest BCUT2D eigenvalue weighted by molar-refractivity contribution is 7.92. The van der Waals surface area contributed by atoms with Gasteiger partial charge in [-0.05, 0) is 24.6 Å². The Kier molecular flexibility index (Phi) is 3.58. The van der Waals surface area contributed by atoms with Crippen molar-refractivity contribution in [2.24, 2.45) is 0 Å². The van der Waals surface area contributed by atoms with Crippen molar-refractivity contribution in [3.63, 3.8) is 0 Å². The Morgan fingerprint density at radius 1 is 1.36 bits per heavy atom. The topological polar surface area (TPSA) is 84.0 Å². The highest BCUT2D eigenvalue weighted by atomic mass is 32.2. The molecule has 2 N–H and O–H groups in total. The molecule has 2 aromatic heterocycles. The summed E-state index contributed by atoms with van der Waals surface area (Å²) in [6.07, 6.45) is 6.76. The predicted molar refractivity (Wildman–Crippen MR) is 87.7 cm³/mol. The zero-order valence-electron chi connectivity index (χ0n) is 12.3. The van der Waals surface area contributed by atoms with Crippen LogP contribution in [-0.2, 0) is 10.0 Å². The van der Waals surface area contributed by atoms with E-state index in [9.17, 15) is 8.42 Å². The third kappa shape index (κ3) is 2.94. The van der Waals surface area contributed by atoms with Gasteiger partial charge in [0.05, 0.1) is 17.6 Å². The Balaban J connectivity index is 2.23. The van der Waals surface area contributed by atoms with Crippen molar-refractivity contribution < 1.29 is 8.42 Å². The molecule has 0 saturated carbocycles. The Hall–Kier alpha value is -2.41. The number of fused-ring (bicyclic) bond motifs is 1. The second-order valence-corrected chi connectivity index (χ2v) is 6.90. The minimum absolute atomic E-state index is 0.243. The zero-order valence-corrected chi connectivity index (χ0v) is 13.1. The van der Waals surface area contributed by atoms with E-state index in [-0.39, 0.29) is 5.82 Å². The van der Waals surface area contributed by atoms with Crippen molar-refractivity contribution in [3.8, 4) is 0 Å². The van der Waals surface area contributed by atoms with Gasteiger partial charge in [-0.15, -0.1) is 0 Å². The van der Waals surface area contributed by atoms with Crippen molar-refractivity contribution in [2.75, 3.05) is 17.5 Å². The summed E-state index contributed by atoms with van der Waals surface area (Å²) in [7, 11) is -3.43. The summed E-state index contributed by atoms with van der Waals surface area (Å²) >= 11 is 0. The molecule has 0 fully saturated rings. The lowest BCUT2D eigenvalue weighted by molar-refractivity contribution is 0.606. The second kappa shape index (κ2) is 5.42. The largest absolute Gasteiger partial charge is 0.380 e. The van der Waals surface area contributed by atoms with Gasteiger partial charge in [0.25, 0.3) is 0 Å². The van der Waals surface area contributed by atoms with Crippen molar-refractivity contribution >= 4 is 32.4 Å². The van der Waals surface area contributed by atoms with E-state index < -0.39 is 10.0 Å². The number of allylic oxidation sites excluding steroid dienone is 2. The molecule has 0 bridgehead atoms. The molecule has 3 rings (SSSR count). The molecule has 7 heteroatoms. The third-order valence-corrected chi connectivity index (χ3v) is 3.85. The minimum atomic E-state index is -3.43. The van der Waals surface area contributed by atoms with Crippen molar-refractivity contribution in [2.45, 2.75) is 6.92 Å². The minimum Gasteiger partial charge on any atom is -0.380 e. The van der Waals surface area contributed by atoms with E-state index in [2.05, 4.69) is 20.0 Å². The van der Waals surface area contributed by atoms with Crippen LogP contribution in [0.25, 0.3) is 16.6 Å². The first-order valence-corrected chi connectivity index (χ1v) is 8.68. The van der Waals surface area contributed by atoms with E-state index in [1.54, 1.807) is 6.20 Å². The maximum Gasteiger partial charge on any atom is 0.231 e. The number of nitrogens with zero attached hydrogens (tertiary/aromatic N) is 2. The summed E-state index contributed by atoms with van der Waals surface area (Å²) in [6.45, 7) is 2.70. The summed E-state index contributed by atoms with van der Waals surface area (Å²) in [5.41, 5.74) is 3.16. The molecular weight excluding hydrogens is 300 g/mol. The fraction of sp³-hybridized carbons (Fsp3) is 0.200. The SMILES string of the molecule is CC1=C(c2cc3cccnc3c(NS(C)(=O)=O)n2)NCC=C1. The maximum atomic E-state index is 11.6. The Morgan fingerprint density at radius 2 is 2.18 bits per heavy atom. The van der Waals surface area contributed by atoms with Crippen LogP contribution in [0, 0.1) is 0 Å². The lowest BCUT2D eigenvalue weighted by Gasteiger charge is -2.17. The Bertz CT molecular complexity index is 901. The molecule has 6 nitrogen and oxygen atoms in total. The number of pyridine rings is 2. The number of anilines is 1. The van der Waals surface area contributed by atoms with Crippen LogP contribution < -0.4 is 10.0 Å². The van der Waals surface area contributed by atoms with Gasteiger partial charge in [-0.3, -0.25) is 9.71 Å². The molecule has 1 aliphatic rings. The van der Waals surface area contributed by atoms with Gasteiger partial charge in [-0.25, -0.2) is 13.4 Å². The summed E-state index contributed by atoms with van der Waals surface area (Å²) in [5.74, 6) is 0.243. The van der Waals surface area contributed by atoms with Crippen molar-refractivity contribution in [3.05, 3.63) is 47.8 Å². The van der Waals surface area contributed by atoms with Crippen LogP contribution in [0.2, 0.25) is 0 Å². The van der Waals surface area contributed by atoms with Crippen LogP contribution in [0.1, 0.15) is 12.6 Å². The van der Waals surface area contributed by atoms with Gasteiger partial charge in [0, 0.05) is 18.1 Å². The summed E-state index contributed by atoms with van der Waals surface area (Å²) < 4.78 is 25.6. The van der Waals surface area contributed by atoms with E-state index in [0.717, 1.165) is 22.9 Å². The van der Waals surface area contributed by atoms with Crippen LogP contribution in [0.4, 0.5) is 5.82 Å². The van der Waals surface area contributed by atoms with Crippen LogP contribution >= 0.6 is 0 Å². The van der Waals surface area contributed by atoms with Crippen LogP contribution in [0.15, 0.2) is 42.1 Å². The molecular formula is C15H16N4O2S. The first-order valence-electron chi connectivity index (χ1n) is 6.79. The molecule has 3 heterocycles. The molecule has 0 unspecified atom stereocenters. The van der Waals surface area contributed by atoms with Crippen molar-refractivity contribution in [1.82, 2.24) is 15.3 Å². The van der Waals surface area contributed by atoms with E-state index in [1.165, 1.54) is 0 Å². The smallest absolute Gasteiger partial charge is 0.231 e. The number of dihydropyridines is 1. The number of nitrogens with one attached hydrogen (secondary N) is 2. The van der Waals surface area contributed by atoms with Gasteiger partial charge in [-0.2, -0.15) is 0 Å². The molecule has 0 atom stereocenters. The standard InChI is InChI=1S/C15H16N4O2S/c1-10-5-3-7-16-13(10)12-9-11-6-4-8-17-14(11)15(18-12)19-22(2,20)21/h3-6,8-9,16H,7H2,1-2H3,(H,18,19). The molecule has 0 saturated heterocycles. The molecule has 2 aromatic rings. The average molecular weight is 316 g/mol. The van der Waals surface area contributed by atoms with Crippen LogP contribution in [0.3, 0.4) is 0 Å². The normalized spacial score (nSPS) is 15.0. The number of sulfonamides is 1. The van der Waals surface area contributed by atoms with Gasteiger partial charge < -0.3 is 5.32 Å². The number of aromatic nitrogens is 2. The average Bonchev–Trinajstić information content (AvgIpc) is 2.46.